The first-order valence-electron chi connectivity index (χ1n) is 6.08. The van der Waals surface area contributed by atoms with Crippen molar-refractivity contribution in [3.8, 4) is 0 Å². The summed E-state index contributed by atoms with van der Waals surface area (Å²) in [5.41, 5.74) is 1.69. The van der Waals surface area contributed by atoms with Gasteiger partial charge in [0.2, 0.25) is 0 Å². The van der Waals surface area contributed by atoms with Gasteiger partial charge in [-0.05, 0) is 23.9 Å². The lowest BCUT2D eigenvalue weighted by Gasteiger charge is -2.13. The predicted molar refractivity (Wildman–Crippen MR) is 74.4 cm³/mol. The molecule has 4 radical (unpaired) electrons. The van der Waals surface area contributed by atoms with Gasteiger partial charge in [0.1, 0.15) is 0 Å². The lowest BCUT2D eigenvalue weighted by atomic mass is 10.2. The molecule has 0 aliphatic heterocycles. The average Bonchev–Trinajstić information content (AvgIpc) is 2.37. The molecule has 0 saturated heterocycles. The van der Waals surface area contributed by atoms with Gasteiger partial charge in [-0.2, -0.15) is 0 Å². The SMILES string of the molecule is C1=CCC([Si]CC[Si]C2C=CC=CC2)C=C1. The van der Waals surface area contributed by atoms with Gasteiger partial charge in [-0.1, -0.05) is 60.7 Å². The van der Waals surface area contributed by atoms with Gasteiger partial charge in [-0.3, -0.25) is 0 Å². The van der Waals surface area contributed by atoms with Crippen LogP contribution in [-0.4, -0.2) is 19.0 Å². The molecule has 2 aliphatic rings. The monoisotopic (exact) mass is 242 g/mol. The molecule has 0 aromatic carbocycles. The summed E-state index contributed by atoms with van der Waals surface area (Å²) in [7, 11) is 2.26. The van der Waals surface area contributed by atoms with Crippen molar-refractivity contribution in [3.05, 3.63) is 48.6 Å². The highest BCUT2D eigenvalue weighted by Gasteiger charge is 2.09. The molecular weight excluding hydrogens is 224 g/mol. The van der Waals surface area contributed by atoms with Crippen molar-refractivity contribution in [1.29, 1.82) is 0 Å². The maximum Gasteiger partial charge on any atom is 0.0465 e. The van der Waals surface area contributed by atoms with E-state index in [-0.39, 0.29) is 0 Å². The Balaban J connectivity index is 1.55. The second-order valence-electron chi connectivity index (χ2n) is 4.22. The van der Waals surface area contributed by atoms with Crippen molar-refractivity contribution in [2.45, 2.75) is 36.0 Å². The first kappa shape index (κ1) is 11.9. The third-order valence-electron chi connectivity index (χ3n) is 2.90. The Morgan fingerprint density at radius 1 is 0.750 bits per heavy atom. The first-order chi connectivity index (χ1) is 7.95. The molecule has 0 amide bonds. The van der Waals surface area contributed by atoms with E-state index in [0.717, 1.165) is 30.1 Å². The summed E-state index contributed by atoms with van der Waals surface area (Å²) >= 11 is 0. The normalized spacial score (nSPS) is 27.5. The van der Waals surface area contributed by atoms with Gasteiger partial charge < -0.3 is 0 Å². The zero-order chi connectivity index (χ0) is 11.1. The Labute approximate surface area is 104 Å². The molecule has 0 fully saturated rings. The van der Waals surface area contributed by atoms with Crippen LogP contribution in [0.1, 0.15) is 12.8 Å². The molecule has 2 rings (SSSR count). The summed E-state index contributed by atoms with van der Waals surface area (Å²) < 4.78 is 0. The molecule has 0 bridgehead atoms. The third kappa shape index (κ3) is 4.10. The highest BCUT2D eigenvalue weighted by molar-refractivity contribution is 6.44. The zero-order valence-corrected chi connectivity index (χ0v) is 11.6. The van der Waals surface area contributed by atoms with Gasteiger partial charge in [0.15, 0.2) is 0 Å². The van der Waals surface area contributed by atoms with Crippen LogP contribution in [0.2, 0.25) is 23.2 Å². The molecule has 2 heteroatoms. The summed E-state index contributed by atoms with van der Waals surface area (Å²) in [6.45, 7) is 0. The zero-order valence-electron chi connectivity index (χ0n) is 9.60. The van der Waals surface area contributed by atoms with Crippen LogP contribution in [0.15, 0.2) is 48.6 Å². The molecule has 16 heavy (non-hydrogen) atoms. The second-order valence-corrected chi connectivity index (χ2v) is 7.52. The standard InChI is InChI=1S/C14H18Si2/c1-3-7-13(8-4-1)15-11-12-16-14-9-5-2-6-10-14/h1-7,9,13-14H,8,10-12H2. The van der Waals surface area contributed by atoms with Gasteiger partial charge in [-0.25, -0.2) is 0 Å². The van der Waals surface area contributed by atoms with Crippen LogP contribution in [0.3, 0.4) is 0 Å². The van der Waals surface area contributed by atoms with E-state index >= 15 is 0 Å². The quantitative estimate of drug-likeness (QED) is 0.507. The molecule has 0 N–H and O–H groups in total. The Kier molecular flexibility index (Phi) is 5.09. The van der Waals surface area contributed by atoms with E-state index in [9.17, 15) is 0 Å². The van der Waals surface area contributed by atoms with Gasteiger partial charge >= 0.3 is 0 Å². The molecule has 0 heterocycles. The highest BCUT2D eigenvalue weighted by Crippen LogP contribution is 2.21. The minimum Gasteiger partial charge on any atom is -0.0843 e. The minimum atomic E-state index is 0.844. The van der Waals surface area contributed by atoms with Crippen LogP contribution in [0.5, 0.6) is 0 Å². The van der Waals surface area contributed by atoms with E-state index in [2.05, 4.69) is 48.6 Å². The molecule has 0 aromatic heterocycles. The van der Waals surface area contributed by atoms with Crippen molar-refractivity contribution in [1.82, 2.24) is 0 Å². The van der Waals surface area contributed by atoms with E-state index in [1.807, 2.05) is 0 Å². The summed E-state index contributed by atoms with van der Waals surface area (Å²) in [5, 5.41) is 0. The first-order valence-corrected chi connectivity index (χ1v) is 8.65. The van der Waals surface area contributed by atoms with Gasteiger partial charge in [0.25, 0.3) is 0 Å². The lowest BCUT2D eigenvalue weighted by molar-refractivity contribution is 0.992. The van der Waals surface area contributed by atoms with Crippen LogP contribution in [0, 0.1) is 0 Å². The number of hydrogen-bond donors (Lipinski definition) is 0. The van der Waals surface area contributed by atoms with Gasteiger partial charge in [0.05, 0.1) is 0 Å². The smallest absolute Gasteiger partial charge is 0.0465 e. The summed E-state index contributed by atoms with van der Waals surface area (Å²) in [4.78, 5) is 0. The number of allylic oxidation sites excluding steroid dienone is 8. The molecule has 2 unspecified atom stereocenters. The molecule has 0 spiro atoms. The maximum absolute atomic E-state index is 2.38. The fraction of sp³-hybridized carbons (Fsp3) is 0.429. The Morgan fingerprint density at radius 3 is 1.62 bits per heavy atom. The predicted octanol–water partition coefficient (Wildman–Crippen LogP) is 3.84. The minimum absolute atomic E-state index is 0.844. The van der Waals surface area contributed by atoms with Crippen LogP contribution in [-0.2, 0) is 0 Å². The molecule has 0 saturated carbocycles. The molecular formula is C14H18Si2. The summed E-state index contributed by atoms with van der Waals surface area (Å²) in [6.07, 6.45) is 20.6. The molecule has 2 atom stereocenters. The molecule has 2 aliphatic carbocycles. The fourth-order valence-corrected chi connectivity index (χ4v) is 4.98. The third-order valence-corrected chi connectivity index (χ3v) is 6.38. The number of rotatable bonds is 5. The van der Waals surface area contributed by atoms with Crippen LogP contribution in [0.4, 0.5) is 0 Å². The molecule has 82 valence electrons. The molecule has 0 aromatic rings. The topological polar surface area (TPSA) is 0 Å². The summed E-state index contributed by atoms with van der Waals surface area (Å²) in [5.74, 6) is 0. The number of hydrogen-bond acceptors (Lipinski definition) is 0. The van der Waals surface area contributed by atoms with Crippen molar-refractivity contribution in [2.75, 3.05) is 0 Å². The van der Waals surface area contributed by atoms with E-state index in [1.54, 1.807) is 0 Å². The van der Waals surface area contributed by atoms with E-state index in [1.165, 1.54) is 24.9 Å². The van der Waals surface area contributed by atoms with Crippen LogP contribution in [0.25, 0.3) is 0 Å². The summed E-state index contributed by atoms with van der Waals surface area (Å²) in [6, 6.07) is 2.85. The van der Waals surface area contributed by atoms with E-state index < -0.39 is 0 Å². The van der Waals surface area contributed by atoms with Crippen molar-refractivity contribution in [2.24, 2.45) is 0 Å². The van der Waals surface area contributed by atoms with Crippen molar-refractivity contribution < 1.29 is 0 Å². The van der Waals surface area contributed by atoms with E-state index in [0.29, 0.717) is 0 Å². The second kappa shape index (κ2) is 6.87. The Bertz CT molecular complexity index is 281. The van der Waals surface area contributed by atoms with Gasteiger partial charge in [-0.15, -0.1) is 0 Å². The van der Waals surface area contributed by atoms with Crippen molar-refractivity contribution >= 4 is 19.0 Å². The largest absolute Gasteiger partial charge is 0.0843 e. The van der Waals surface area contributed by atoms with E-state index in [4.69, 9.17) is 0 Å². The maximum atomic E-state index is 2.38. The molecule has 0 nitrogen and oxygen atoms in total. The average molecular weight is 242 g/mol. The highest BCUT2D eigenvalue weighted by atomic mass is 28.2. The van der Waals surface area contributed by atoms with Crippen LogP contribution < -0.4 is 0 Å². The van der Waals surface area contributed by atoms with Crippen molar-refractivity contribution in [3.63, 3.8) is 0 Å². The van der Waals surface area contributed by atoms with Crippen LogP contribution >= 0.6 is 0 Å². The van der Waals surface area contributed by atoms with Gasteiger partial charge in [0, 0.05) is 19.0 Å². The fourth-order valence-electron chi connectivity index (χ4n) is 1.98. The Hall–Kier alpha value is -0.606. The Morgan fingerprint density at radius 2 is 1.25 bits per heavy atom. The lowest BCUT2D eigenvalue weighted by Crippen LogP contribution is -2.06.